The van der Waals surface area contributed by atoms with Crippen LogP contribution in [0.25, 0.3) is 22.0 Å². The van der Waals surface area contributed by atoms with Gasteiger partial charge in [0.1, 0.15) is 9.79 Å². The molecule has 6 aromatic rings. The van der Waals surface area contributed by atoms with E-state index in [0.717, 1.165) is 48.5 Å². The Bertz CT molecular complexity index is 3710. The van der Waals surface area contributed by atoms with Crippen molar-refractivity contribution in [2.75, 3.05) is 11.1 Å². The maximum Gasteiger partial charge on any atom is 0.296 e. The van der Waals surface area contributed by atoms with Gasteiger partial charge in [0, 0.05) is 34.1 Å². The van der Waals surface area contributed by atoms with Gasteiger partial charge in [-0.2, -0.15) is 33.7 Å². The van der Waals surface area contributed by atoms with Gasteiger partial charge in [-0.3, -0.25) is 37.4 Å². The van der Waals surface area contributed by atoms with Crippen molar-refractivity contribution >= 4 is 89.9 Å². The first-order valence-corrected chi connectivity index (χ1v) is 25.3. The first kappa shape index (κ1) is 45.7. The summed E-state index contributed by atoms with van der Waals surface area (Å²) in [6.07, 6.45) is -0.823. The highest BCUT2D eigenvalue weighted by atomic mass is 32.2. The third-order valence-electron chi connectivity index (χ3n) is 9.95. The molecule has 0 spiro atoms. The highest BCUT2D eigenvalue weighted by Crippen LogP contribution is 2.46. The Morgan fingerprint density at radius 3 is 1.73 bits per heavy atom. The zero-order chi connectivity index (χ0) is 46.9. The molecular formula is C39H28N2O18S5. The number of anilines is 2. The number of nitrogens with one attached hydrogen (secondary N) is 2. The van der Waals surface area contributed by atoms with Crippen LogP contribution in [0.4, 0.5) is 11.4 Å². The number of rotatable bonds is 14. The molecule has 25 heteroatoms. The number of sulfone groups is 1. The Hall–Kier alpha value is -6.29. The van der Waals surface area contributed by atoms with Gasteiger partial charge in [0.05, 0.1) is 48.5 Å². The summed E-state index contributed by atoms with van der Waals surface area (Å²) in [5.41, 5.74) is -5.84. The van der Waals surface area contributed by atoms with Gasteiger partial charge in [0.25, 0.3) is 46.0 Å². The van der Waals surface area contributed by atoms with Crippen molar-refractivity contribution in [2.45, 2.75) is 37.3 Å². The lowest BCUT2D eigenvalue weighted by molar-refractivity contribution is 0.0979. The molecule has 0 saturated carbocycles. The lowest BCUT2D eigenvalue weighted by atomic mass is 9.80. The van der Waals surface area contributed by atoms with Crippen LogP contribution in [0.1, 0.15) is 55.0 Å². The summed E-state index contributed by atoms with van der Waals surface area (Å²) in [5, 5.41) is 2.02. The number of fused-ring (bicyclic) bond motifs is 2. The van der Waals surface area contributed by atoms with Crippen LogP contribution in [0.3, 0.4) is 0 Å². The van der Waals surface area contributed by atoms with Gasteiger partial charge in [-0.25, -0.2) is 8.42 Å². The lowest BCUT2D eigenvalue weighted by Crippen LogP contribution is -2.25. The minimum absolute atomic E-state index is 0.106. The topological polar surface area (TPSA) is 348 Å². The van der Waals surface area contributed by atoms with Crippen molar-refractivity contribution < 1.29 is 74.7 Å². The number of aromatic nitrogens is 1. The Morgan fingerprint density at radius 2 is 1.14 bits per heavy atom. The minimum Gasteiger partial charge on any atom is -0.354 e. The molecule has 5 aromatic carbocycles. The largest absolute Gasteiger partial charge is 0.354 e. The number of ketones is 3. The molecule has 0 radical (unpaired) electrons. The number of H-pyrrole nitrogens is 1. The first-order valence-electron chi connectivity index (χ1n) is 17.9. The van der Waals surface area contributed by atoms with Gasteiger partial charge in [-0.15, -0.1) is 0 Å². The van der Waals surface area contributed by atoms with E-state index in [9.17, 15) is 79.5 Å². The molecule has 1 aromatic heterocycles. The van der Waals surface area contributed by atoms with Gasteiger partial charge >= 0.3 is 0 Å². The molecule has 1 heterocycles. The maximum absolute atomic E-state index is 14.4. The smallest absolute Gasteiger partial charge is 0.296 e. The fraction of sp³-hybridized carbons (Fsp3) is 0.0769. The van der Waals surface area contributed by atoms with E-state index < -0.39 is 149 Å². The molecule has 0 saturated heterocycles. The normalized spacial score (nSPS) is 13.1. The van der Waals surface area contributed by atoms with Crippen molar-refractivity contribution in [1.82, 2.24) is 4.98 Å². The van der Waals surface area contributed by atoms with E-state index in [2.05, 4.69) is 10.3 Å². The summed E-state index contributed by atoms with van der Waals surface area (Å²) in [6, 6.07) is 16.5. The van der Waals surface area contributed by atoms with Crippen LogP contribution in [-0.2, 0) is 50.3 Å². The molecule has 20 nitrogen and oxygen atoms in total. The molecule has 0 bridgehead atoms. The molecule has 6 N–H and O–H groups in total. The van der Waals surface area contributed by atoms with Crippen molar-refractivity contribution in [3.63, 3.8) is 0 Å². The van der Waals surface area contributed by atoms with Crippen LogP contribution in [-0.4, -0.2) is 88.4 Å². The summed E-state index contributed by atoms with van der Waals surface area (Å²) in [6.45, 7) is 0. The van der Waals surface area contributed by atoms with Gasteiger partial charge in [-0.1, -0.05) is 48.5 Å². The average molecular weight is 973 g/mol. The molecule has 7 rings (SSSR count). The van der Waals surface area contributed by atoms with E-state index in [0.29, 0.717) is 12.1 Å². The highest BCUT2D eigenvalue weighted by molar-refractivity contribution is 7.91. The summed E-state index contributed by atoms with van der Waals surface area (Å²) < 4.78 is 165. The average Bonchev–Trinajstić information content (AvgIpc) is 3.21. The summed E-state index contributed by atoms with van der Waals surface area (Å²) >= 11 is 0. The first-order chi connectivity index (χ1) is 29.7. The SMILES string of the molecule is O=C(CCCS(=O)(=O)c1ccc(Nc2cc(S(=O)(=O)O)c3[nH]c(=O)c(C(=O)c4cccc(S(=O)(=O)O)c4)c4c3c2C(=O)c2ccccc2-4)c(S(=O)(=O)O)c1)c1cccc(S(=O)(=O)O)c1. The molecule has 0 unspecified atom stereocenters. The molecule has 0 amide bonds. The second-order valence-electron chi connectivity index (χ2n) is 14.0. The van der Waals surface area contributed by atoms with E-state index in [1.165, 1.54) is 36.4 Å². The van der Waals surface area contributed by atoms with Crippen LogP contribution < -0.4 is 10.9 Å². The van der Waals surface area contributed by atoms with Crippen molar-refractivity contribution in [1.29, 1.82) is 0 Å². The van der Waals surface area contributed by atoms with Crippen LogP contribution in [0.5, 0.6) is 0 Å². The van der Waals surface area contributed by atoms with Crippen LogP contribution in [0.15, 0.2) is 126 Å². The number of carbonyl (C=O) groups excluding carboxylic acids is 3. The Balaban J connectivity index is 1.36. The zero-order valence-corrected chi connectivity index (χ0v) is 36.0. The Labute approximate surface area is 362 Å². The Kier molecular flexibility index (Phi) is 11.5. The second-order valence-corrected chi connectivity index (χ2v) is 21.8. The minimum atomic E-state index is -5.40. The van der Waals surface area contributed by atoms with Crippen LogP contribution >= 0.6 is 0 Å². The number of pyridine rings is 1. The van der Waals surface area contributed by atoms with E-state index >= 15 is 0 Å². The fourth-order valence-electron chi connectivity index (χ4n) is 7.12. The molecule has 332 valence electrons. The molecular weight excluding hydrogens is 945 g/mol. The highest BCUT2D eigenvalue weighted by Gasteiger charge is 2.36. The van der Waals surface area contributed by atoms with E-state index in [-0.39, 0.29) is 28.7 Å². The summed E-state index contributed by atoms with van der Waals surface area (Å²) in [4.78, 5) is 53.1. The molecule has 1 aliphatic carbocycles. The van der Waals surface area contributed by atoms with E-state index in [1.54, 1.807) is 0 Å². The fourth-order valence-corrected chi connectivity index (χ4v) is 10.9. The molecule has 0 atom stereocenters. The predicted octanol–water partition coefficient (Wildman–Crippen LogP) is 4.14. The van der Waals surface area contributed by atoms with Crippen molar-refractivity contribution in [3.05, 3.63) is 135 Å². The zero-order valence-electron chi connectivity index (χ0n) is 31.9. The van der Waals surface area contributed by atoms with Gasteiger partial charge in [0.15, 0.2) is 27.2 Å². The summed E-state index contributed by atoms with van der Waals surface area (Å²) in [5.74, 6) is -3.57. The number of carbonyl (C=O) groups is 3. The van der Waals surface area contributed by atoms with Gasteiger partial charge in [0.2, 0.25) is 0 Å². The molecule has 0 fully saturated rings. The standard InChI is InChI=1S/C39H28N2O18S5/c42-29(20-6-3-8-23(16-20)61(48,49)50)12-5-15-60(46,47)22-13-14-27(30(18-22)63(54,55)56)40-28-19-31(64(57,58)59)36-34-32(25-10-1-2-11-26(25)38(44)33(28)34)35(39(45)41-36)37(43)21-7-4-9-24(17-21)62(51,52)53/h1-4,6-11,13-14,16-19,40H,5,12,15H2,(H,41,45)(H,48,49,50)(H,51,52,53)(H,54,55,56)(H,57,58,59). The number of aromatic amines is 1. The van der Waals surface area contributed by atoms with E-state index in [4.69, 9.17) is 0 Å². The monoisotopic (exact) mass is 972 g/mol. The number of hydrogen-bond acceptors (Lipinski definition) is 15. The number of hydrogen-bond donors (Lipinski definition) is 6. The van der Waals surface area contributed by atoms with Crippen molar-refractivity contribution in [3.8, 4) is 11.1 Å². The molecule has 0 aliphatic heterocycles. The third-order valence-corrected chi connectivity index (χ3v) is 15.2. The number of benzene rings is 5. The molecule has 1 aliphatic rings. The predicted molar refractivity (Wildman–Crippen MR) is 224 cm³/mol. The maximum atomic E-state index is 14.4. The van der Waals surface area contributed by atoms with Crippen LogP contribution in [0, 0.1) is 0 Å². The summed E-state index contributed by atoms with van der Waals surface area (Å²) in [7, 11) is -24.8. The van der Waals surface area contributed by atoms with E-state index in [1.807, 2.05) is 0 Å². The molecule has 64 heavy (non-hydrogen) atoms. The lowest BCUT2D eigenvalue weighted by Gasteiger charge is -2.25. The van der Waals surface area contributed by atoms with Gasteiger partial charge < -0.3 is 10.3 Å². The number of Topliss-reactive ketones (excluding diaryl/α,β-unsaturated/α-hetero) is 1. The van der Waals surface area contributed by atoms with Gasteiger partial charge in [-0.05, 0) is 60.5 Å². The Morgan fingerprint density at radius 1 is 0.562 bits per heavy atom. The second kappa shape index (κ2) is 16.1. The van der Waals surface area contributed by atoms with Crippen LogP contribution in [0.2, 0.25) is 0 Å². The van der Waals surface area contributed by atoms with Crippen molar-refractivity contribution in [2.24, 2.45) is 0 Å². The third kappa shape index (κ3) is 8.67. The quantitative estimate of drug-likeness (QED) is 0.0658.